The van der Waals surface area contributed by atoms with E-state index in [1.54, 1.807) is 17.5 Å². The maximum absolute atomic E-state index is 12.1. The molecule has 156 valence electrons. The summed E-state index contributed by atoms with van der Waals surface area (Å²) < 4.78 is 1.23. The number of anilines is 3. The van der Waals surface area contributed by atoms with Crippen LogP contribution in [-0.4, -0.2) is 57.5 Å². The van der Waals surface area contributed by atoms with Gasteiger partial charge in [0.25, 0.3) is 0 Å². The molecule has 2 aliphatic rings. The summed E-state index contributed by atoms with van der Waals surface area (Å²) in [5.41, 5.74) is 4.22. The topological polar surface area (TPSA) is 86.3 Å². The zero-order chi connectivity index (χ0) is 20.9. The zero-order valence-electron chi connectivity index (χ0n) is 17.3. The molecule has 0 radical (unpaired) electrons. The lowest BCUT2D eigenvalue weighted by Crippen LogP contribution is -2.49. The highest BCUT2D eigenvalue weighted by atomic mass is 32.1. The first-order valence-electron chi connectivity index (χ1n) is 10.2. The standard InChI is InChI=1S/C21H25N7OS/c1-13(14-4-5-17-15(10-14)23-12-30-17)27-6-8-28(9-7-27)20-22-11-16-18(25-20)26-21(2,3)19(29)24-16/h4-5,10-13H,6-9H2,1-3H3,(H,24,29)(H,22,25,26). The Morgan fingerprint density at radius 1 is 1.17 bits per heavy atom. The number of benzene rings is 1. The van der Waals surface area contributed by atoms with Crippen molar-refractivity contribution in [2.24, 2.45) is 0 Å². The van der Waals surface area contributed by atoms with Gasteiger partial charge in [-0.3, -0.25) is 9.69 Å². The molecule has 2 N–H and O–H groups in total. The van der Waals surface area contributed by atoms with Crippen LogP contribution in [0.3, 0.4) is 0 Å². The molecule has 1 saturated heterocycles. The number of carbonyl (C=O) groups is 1. The van der Waals surface area contributed by atoms with Crippen LogP contribution in [0.25, 0.3) is 10.2 Å². The highest BCUT2D eigenvalue weighted by Gasteiger charge is 2.34. The summed E-state index contributed by atoms with van der Waals surface area (Å²) in [7, 11) is 0. The monoisotopic (exact) mass is 423 g/mol. The van der Waals surface area contributed by atoms with Gasteiger partial charge in [-0.2, -0.15) is 4.98 Å². The van der Waals surface area contributed by atoms with E-state index in [-0.39, 0.29) is 5.91 Å². The lowest BCUT2D eigenvalue weighted by molar-refractivity contribution is -0.119. The number of piperazine rings is 1. The van der Waals surface area contributed by atoms with Crippen molar-refractivity contribution in [3.8, 4) is 0 Å². The summed E-state index contributed by atoms with van der Waals surface area (Å²) in [6.07, 6.45) is 1.69. The fourth-order valence-electron chi connectivity index (χ4n) is 4.00. The first-order valence-corrected chi connectivity index (χ1v) is 11.1. The molecular formula is C21H25N7OS. The molecule has 0 aliphatic carbocycles. The van der Waals surface area contributed by atoms with Gasteiger partial charge in [0.2, 0.25) is 11.9 Å². The Bertz CT molecular complexity index is 1100. The van der Waals surface area contributed by atoms with Gasteiger partial charge in [-0.05, 0) is 38.5 Å². The molecule has 1 amide bonds. The largest absolute Gasteiger partial charge is 0.354 e. The van der Waals surface area contributed by atoms with E-state index in [1.807, 2.05) is 19.4 Å². The SMILES string of the molecule is CC(c1ccc2scnc2c1)N1CCN(c2ncc3c(n2)NC(C)(C)C(=O)N3)CC1. The van der Waals surface area contributed by atoms with Crippen LogP contribution in [-0.2, 0) is 4.79 Å². The van der Waals surface area contributed by atoms with E-state index in [1.165, 1.54) is 10.3 Å². The fourth-order valence-corrected chi connectivity index (χ4v) is 4.66. The van der Waals surface area contributed by atoms with Crippen molar-refractivity contribution in [1.29, 1.82) is 0 Å². The number of thiazole rings is 1. The molecule has 1 aromatic carbocycles. The predicted molar refractivity (Wildman–Crippen MR) is 120 cm³/mol. The molecule has 3 aromatic rings. The summed E-state index contributed by atoms with van der Waals surface area (Å²) in [6, 6.07) is 6.92. The predicted octanol–water partition coefficient (Wildman–Crippen LogP) is 3.11. The highest BCUT2D eigenvalue weighted by Crippen LogP contribution is 2.31. The van der Waals surface area contributed by atoms with Crippen molar-refractivity contribution < 1.29 is 4.79 Å². The Balaban J connectivity index is 1.27. The van der Waals surface area contributed by atoms with Gasteiger partial charge in [-0.1, -0.05) is 6.07 Å². The van der Waals surface area contributed by atoms with Gasteiger partial charge in [0.05, 0.1) is 21.9 Å². The van der Waals surface area contributed by atoms with Gasteiger partial charge in [0.1, 0.15) is 11.2 Å². The summed E-state index contributed by atoms with van der Waals surface area (Å²) in [4.78, 5) is 30.4. The second-order valence-corrected chi connectivity index (χ2v) is 9.30. The number of hydrogen-bond donors (Lipinski definition) is 2. The number of aromatic nitrogens is 3. The van der Waals surface area contributed by atoms with Gasteiger partial charge in [-0.15, -0.1) is 11.3 Å². The number of nitrogens with one attached hydrogen (secondary N) is 2. The third kappa shape index (κ3) is 3.37. The summed E-state index contributed by atoms with van der Waals surface area (Å²) in [5, 5.41) is 6.09. The normalized spacial score (nSPS) is 19.8. The van der Waals surface area contributed by atoms with Crippen molar-refractivity contribution >= 4 is 44.9 Å². The van der Waals surface area contributed by atoms with Crippen molar-refractivity contribution in [2.45, 2.75) is 32.4 Å². The number of fused-ring (bicyclic) bond motifs is 2. The van der Waals surface area contributed by atoms with E-state index in [9.17, 15) is 4.79 Å². The second-order valence-electron chi connectivity index (χ2n) is 8.41. The minimum atomic E-state index is -0.689. The van der Waals surface area contributed by atoms with Crippen molar-refractivity contribution in [1.82, 2.24) is 19.9 Å². The van der Waals surface area contributed by atoms with Crippen LogP contribution in [0.5, 0.6) is 0 Å². The van der Waals surface area contributed by atoms with Gasteiger partial charge in [0.15, 0.2) is 5.82 Å². The van der Waals surface area contributed by atoms with Crippen LogP contribution in [0.2, 0.25) is 0 Å². The average Bonchev–Trinajstić information content (AvgIpc) is 3.21. The van der Waals surface area contributed by atoms with Crippen molar-refractivity contribution in [3.63, 3.8) is 0 Å². The van der Waals surface area contributed by atoms with Crippen LogP contribution in [0, 0.1) is 0 Å². The lowest BCUT2D eigenvalue weighted by Gasteiger charge is -2.38. The summed E-state index contributed by atoms with van der Waals surface area (Å²) in [5.74, 6) is 1.30. The van der Waals surface area contributed by atoms with Crippen molar-refractivity contribution in [3.05, 3.63) is 35.5 Å². The van der Waals surface area contributed by atoms with Crippen molar-refractivity contribution in [2.75, 3.05) is 41.7 Å². The van der Waals surface area contributed by atoms with E-state index in [0.29, 0.717) is 23.5 Å². The van der Waals surface area contributed by atoms with Gasteiger partial charge >= 0.3 is 0 Å². The van der Waals surface area contributed by atoms with E-state index in [2.05, 4.69) is 60.5 Å². The van der Waals surface area contributed by atoms with Crippen LogP contribution >= 0.6 is 11.3 Å². The third-order valence-electron chi connectivity index (χ3n) is 6.00. The molecule has 2 aromatic heterocycles. The maximum atomic E-state index is 12.1. The van der Waals surface area contributed by atoms with Crippen LogP contribution in [0.1, 0.15) is 32.4 Å². The first-order chi connectivity index (χ1) is 14.4. The van der Waals surface area contributed by atoms with Crippen LogP contribution < -0.4 is 15.5 Å². The molecule has 1 unspecified atom stereocenters. The Morgan fingerprint density at radius 3 is 2.77 bits per heavy atom. The quantitative estimate of drug-likeness (QED) is 0.669. The number of amides is 1. The first kappa shape index (κ1) is 19.2. The van der Waals surface area contributed by atoms with Gasteiger partial charge < -0.3 is 15.5 Å². The van der Waals surface area contributed by atoms with Gasteiger partial charge in [0, 0.05) is 32.2 Å². The molecule has 0 spiro atoms. The van der Waals surface area contributed by atoms with E-state index < -0.39 is 5.54 Å². The minimum Gasteiger partial charge on any atom is -0.354 e. The van der Waals surface area contributed by atoms with Gasteiger partial charge in [-0.25, -0.2) is 9.97 Å². The zero-order valence-corrected chi connectivity index (χ0v) is 18.2. The summed E-state index contributed by atoms with van der Waals surface area (Å²) >= 11 is 1.68. The molecule has 9 heteroatoms. The molecule has 1 atom stereocenters. The fraction of sp³-hybridized carbons (Fsp3) is 0.429. The van der Waals surface area contributed by atoms with Crippen LogP contribution in [0.4, 0.5) is 17.5 Å². The molecule has 1 fully saturated rings. The third-order valence-corrected chi connectivity index (χ3v) is 6.81. The molecule has 8 nitrogen and oxygen atoms in total. The number of rotatable bonds is 3. The number of carbonyl (C=O) groups excluding carboxylic acids is 1. The number of hydrogen-bond acceptors (Lipinski definition) is 8. The highest BCUT2D eigenvalue weighted by molar-refractivity contribution is 7.16. The second kappa shape index (κ2) is 7.17. The van der Waals surface area contributed by atoms with Crippen LogP contribution in [0.15, 0.2) is 29.9 Å². The molecule has 30 heavy (non-hydrogen) atoms. The minimum absolute atomic E-state index is 0.0789. The Hall–Kier alpha value is -2.78. The van der Waals surface area contributed by atoms with E-state index >= 15 is 0 Å². The number of nitrogens with zero attached hydrogens (tertiary/aromatic N) is 5. The van der Waals surface area contributed by atoms with E-state index in [0.717, 1.165) is 31.7 Å². The van der Waals surface area contributed by atoms with E-state index in [4.69, 9.17) is 0 Å². The Kier molecular flexibility index (Phi) is 4.59. The lowest BCUT2D eigenvalue weighted by atomic mass is 10.0. The molecular weight excluding hydrogens is 398 g/mol. The summed E-state index contributed by atoms with van der Waals surface area (Å²) in [6.45, 7) is 9.54. The molecule has 2 aliphatic heterocycles. The average molecular weight is 424 g/mol. The molecule has 4 heterocycles. The maximum Gasteiger partial charge on any atom is 0.249 e. The molecule has 0 saturated carbocycles. The Labute approximate surface area is 179 Å². The molecule has 0 bridgehead atoms. The Morgan fingerprint density at radius 2 is 1.97 bits per heavy atom. The molecule has 5 rings (SSSR count). The smallest absolute Gasteiger partial charge is 0.249 e.